The maximum absolute atomic E-state index is 13.8. The zero-order valence-corrected chi connectivity index (χ0v) is 20.1. The number of carbonyl (C=O) groups excluding carboxylic acids is 1. The normalized spacial score (nSPS) is 13.4. The molecule has 1 aliphatic rings. The molecule has 0 atom stereocenters. The molecule has 1 amide bonds. The van der Waals surface area contributed by atoms with Crippen LogP contribution in [0.15, 0.2) is 58.5 Å². The summed E-state index contributed by atoms with van der Waals surface area (Å²) in [7, 11) is 0. The number of nitrogens with zero attached hydrogens (tertiary/aromatic N) is 3. The molecule has 33 heavy (non-hydrogen) atoms. The van der Waals surface area contributed by atoms with Crippen LogP contribution in [0.1, 0.15) is 22.9 Å². The average Bonchev–Trinajstić information content (AvgIpc) is 3.18. The van der Waals surface area contributed by atoms with E-state index in [1.54, 1.807) is 17.9 Å². The Bertz CT molecular complexity index is 1440. The standard InChI is InChI=1S/C24H19ClFN3O2S2/c1-14(30)28-10-9-17-20(12-28)33-22-21(17)23(31)29(16-7-8-19(26)18(25)11-16)24(27-22)32-13-15-5-3-2-4-6-15/h2-8,11H,9-10,12-13H2,1H3. The number of aromatic nitrogens is 2. The van der Waals surface area contributed by atoms with Crippen molar-refractivity contribution in [3.8, 4) is 5.69 Å². The maximum Gasteiger partial charge on any atom is 0.267 e. The van der Waals surface area contributed by atoms with Crippen molar-refractivity contribution in [1.29, 1.82) is 0 Å². The molecule has 3 heterocycles. The van der Waals surface area contributed by atoms with Gasteiger partial charge in [-0.1, -0.05) is 53.7 Å². The number of carbonyl (C=O) groups is 1. The van der Waals surface area contributed by atoms with Crippen molar-refractivity contribution in [1.82, 2.24) is 14.5 Å². The molecule has 168 valence electrons. The molecule has 0 radical (unpaired) electrons. The Morgan fingerprint density at radius 1 is 1.24 bits per heavy atom. The minimum atomic E-state index is -0.543. The van der Waals surface area contributed by atoms with E-state index in [0.717, 1.165) is 16.0 Å². The Kier molecular flexibility index (Phi) is 5.99. The van der Waals surface area contributed by atoms with E-state index in [1.807, 2.05) is 30.3 Å². The summed E-state index contributed by atoms with van der Waals surface area (Å²) < 4.78 is 15.4. The molecule has 0 N–H and O–H groups in total. The highest BCUT2D eigenvalue weighted by molar-refractivity contribution is 7.98. The molecular weight excluding hydrogens is 481 g/mol. The van der Waals surface area contributed by atoms with Gasteiger partial charge in [-0.15, -0.1) is 11.3 Å². The Hall–Kier alpha value is -2.68. The monoisotopic (exact) mass is 499 g/mol. The van der Waals surface area contributed by atoms with Crippen LogP contribution in [0, 0.1) is 5.82 Å². The maximum atomic E-state index is 13.8. The number of thioether (sulfide) groups is 1. The lowest BCUT2D eigenvalue weighted by Gasteiger charge is -2.25. The van der Waals surface area contributed by atoms with E-state index in [0.29, 0.717) is 46.3 Å². The summed E-state index contributed by atoms with van der Waals surface area (Å²) in [4.78, 5) is 34.0. The topological polar surface area (TPSA) is 55.2 Å². The van der Waals surface area contributed by atoms with Crippen molar-refractivity contribution >= 4 is 50.8 Å². The van der Waals surface area contributed by atoms with Gasteiger partial charge in [0.2, 0.25) is 5.91 Å². The van der Waals surface area contributed by atoms with E-state index in [2.05, 4.69) is 0 Å². The van der Waals surface area contributed by atoms with Crippen LogP contribution in [0.3, 0.4) is 0 Å². The Balaban J connectivity index is 1.67. The molecule has 0 saturated carbocycles. The number of rotatable bonds is 4. The van der Waals surface area contributed by atoms with Crippen LogP contribution in [-0.2, 0) is 23.5 Å². The summed E-state index contributed by atoms with van der Waals surface area (Å²) >= 11 is 8.95. The minimum absolute atomic E-state index is 0.0172. The van der Waals surface area contributed by atoms with Crippen LogP contribution in [0.5, 0.6) is 0 Å². The molecular formula is C24H19ClFN3O2S2. The van der Waals surface area contributed by atoms with Gasteiger partial charge in [0.1, 0.15) is 10.6 Å². The summed E-state index contributed by atoms with van der Waals surface area (Å²) in [6, 6.07) is 14.2. The van der Waals surface area contributed by atoms with Gasteiger partial charge >= 0.3 is 0 Å². The van der Waals surface area contributed by atoms with Crippen LogP contribution in [0.2, 0.25) is 5.02 Å². The number of halogens is 2. The largest absolute Gasteiger partial charge is 0.337 e. The van der Waals surface area contributed by atoms with Crippen LogP contribution in [0.4, 0.5) is 4.39 Å². The Morgan fingerprint density at radius 2 is 2.03 bits per heavy atom. The Morgan fingerprint density at radius 3 is 2.76 bits per heavy atom. The molecule has 2 aromatic heterocycles. The van der Waals surface area contributed by atoms with Crippen molar-refractivity contribution in [2.24, 2.45) is 0 Å². The van der Waals surface area contributed by atoms with E-state index >= 15 is 0 Å². The van der Waals surface area contributed by atoms with Gasteiger partial charge < -0.3 is 4.90 Å². The summed E-state index contributed by atoms with van der Waals surface area (Å²) in [5.41, 5.74) is 2.32. The third-order valence-electron chi connectivity index (χ3n) is 5.66. The fraction of sp³-hybridized carbons (Fsp3) is 0.208. The second-order valence-electron chi connectivity index (χ2n) is 7.78. The number of benzene rings is 2. The predicted molar refractivity (Wildman–Crippen MR) is 131 cm³/mol. The molecule has 0 bridgehead atoms. The quantitative estimate of drug-likeness (QED) is 0.277. The first kappa shape index (κ1) is 22.1. The summed E-state index contributed by atoms with van der Waals surface area (Å²) in [5.74, 6) is 0.0958. The van der Waals surface area contributed by atoms with Crippen molar-refractivity contribution in [3.05, 3.63) is 85.7 Å². The zero-order valence-electron chi connectivity index (χ0n) is 17.7. The lowest BCUT2D eigenvalue weighted by Crippen LogP contribution is -2.34. The molecule has 9 heteroatoms. The van der Waals surface area contributed by atoms with Gasteiger partial charge in [-0.05, 0) is 35.7 Å². The van der Waals surface area contributed by atoms with Crippen molar-refractivity contribution in [2.75, 3.05) is 6.54 Å². The molecule has 5 rings (SSSR count). The first-order valence-corrected chi connectivity index (χ1v) is 12.6. The molecule has 2 aromatic carbocycles. The molecule has 0 unspecified atom stereocenters. The first-order chi connectivity index (χ1) is 15.9. The lowest BCUT2D eigenvalue weighted by atomic mass is 10.1. The van der Waals surface area contributed by atoms with Gasteiger partial charge in [-0.25, -0.2) is 9.37 Å². The number of hydrogen-bond acceptors (Lipinski definition) is 5. The molecule has 4 aromatic rings. The van der Waals surface area contributed by atoms with Crippen LogP contribution < -0.4 is 5.56 Å². The molecule has 0 saturated heterocycles. The van der Waals surface area contributed by atoms with Crippen molar-refractivity contribution < 1.29 is 9.18 Å². The SMILES string of the molecule is CC(=O)N1CCc2c(sc3nc(SCc4ccccc4)n(-c4ccc(F)c(Cl)c4)c(=O)c23)C1. The number of fused-ring (bicyclic) bond motifs is 3. The van der Waals surface area contributed by atoms with Gasteiger partial charge in [0, 0.05) is 24.1 Å². The van der Waals surface area contributed by atoms with Gasteiger partial charge in [0.15, 0.2) is 5.16 Å². The third kappa shape index (κ3) is 4.18. The van der Waals surface area contributed by atoms with Crippen LogP contribution in [-0.4, -0.2) is 26.9 Å². The Labute approximate surface area is 202 Å². The molecule has 0 aliphatic carbocycles. The molecule has 0 fully saturated rings. The summed E-state index contributed by atoms with van der Waals surface area (Å²) in [5, 5.41) is 1.03. The second-order valence-corrected chi connectivity index (χ2v) is 10.2. The van der Waals surface area contributed by atoms with Crippen LogP contribution in [0.25, 0.3) is 15.9 Å². The molecule has 1 aliphatic heterocycles. The van der Waals surface area contributed by atoms with Crippen molar-refractivity contribution in [2.45, 2.75) is 30.8 Å². The van der Waals surface area contributed by atoms with Gasteiger partial charge in [0.05, 0.1) is 22.6 Å². The fourth-order valence-electron chi connectivity index (χ4n) is 3.96. The van der Waals surface area contributed by atoms with Gasteiger partial charge in [0.25, 0.3) is 5.56 Å². The number of thiophene rings is 1. The van der Waals surface area contributed by atoms with E-state index in [9.17, 15) is 14.0 Å². The smallest absolute Gasteiger partial charge is 0.267 e. The van der Waals surface area contributed by atoms with E-state index in [4.69, 9.17) is 16.6 Å². The number of amides is 1. The summed E-state index contributed by atoms with van der Waals surface area (Å²) in [6.07, 6.45) is 0.604. The number of hydrogen-bond donors (Lipinski definition) is 0. The third-order valence-corrected chi connectivity index (χ3v) is 8.07. The second kappa shape index (κ2) is 8.93. The molecule has 5 nitrogen and oxygen atoms in total. The minimum Gasteiger partial charge on any atom is -0.337 e. The zero-order chi connectivity index (χ0) is 23.1. The van der Waals surface area contributed by atoms with E-state index in [1.165, 1.54) is 39.8 Å². The molecule has 0 spiro atoms. The van der Waals surface area contributed by atoms with Gasteiger partial charge in [-0.3, -0.25) is 14.2 Å². The highest BCUT2D eigenvalue weighted by Gasteiger charge is 2.26. The van der Waals surface area contributed by atoms with Gasteiger partial charge in [-0.2, -0.15) is 0 Å². The average molecular weight is 500 g/mol. The van der Waals surface area contributed by atoms with Crippen molar-refractivity contribution in [3.63, 3.8) is 0 Å². The lowest BCUT2D eigenvalue weighted by molar-refractivity contribution is -0.129. The van der Waals surface area contributed by atoms with Crippen LogP contribution >= 0.6 is 34.7 Å². The highest BCUT2D eigenvalue weighted by Crippen LogP contribution is 2.35. The summed E-state index contributed by atoms with van der Waals surface area (Å²) in [6.45, 7) is 2.61. The fourth-order valence-corrected chi connectivity index (χ4v) is 6.38. The first-order valence-electron chi connectivity index (χ1n) is 10.4. The highest BCUT2D eigenvalue weighted by atomic mass is 35.5. The van der Waals surface area contributed by atoms with E-state index in [-0.39, 0.29) is 16.5 Å². The predicted octanol–water partition coefficient (Wildman–Crippen LogP) is 5.44. The van der Waals surface area contributed by atoms with E-state index < -0.39 is 5.82 Å².